The number of thioether (sulfide) groups is 1. The third-order valence-electron chi connectivity index (χ3n) is 4.64. The van der Waals surface area contributed by atoms with E-state index in [1.165, 1.54) is 40.4 Å². The summed E-state index contributed by atoms with van der Waals surface area (Å²) in [5.41, 5.74) is 5.05. The molecule has 0 aliphatic heterocycles. The van der Waals surface area contributed by atoms with Crippen LogP contribution in [0.4, 0.5) is 0 Å². The molecule has 132 valence electrons. The summed E-state index contributed by atoms with van der Waals surface area (Å²) in [7, 11) is 0. The largest absolute Gasteiger partial charge is 0.394 e. The highest BCUT2D eigenvalue weighted by atomic mass is 32.2. The molecule has 0 saturated carbocycles. The second-order valence-electron chi connectivity index (χ2n) is 6.75. The summed E-state index contributed by atoms with van der Waals surface area (Å²) in [6, 6.07) is 0. The molecule has 0 radical (unpaired) electrons. The molecule has 2 N–H and O–H groups in total. The molecule has 3 heterocycles. The summed E-state index contributed by atoms with van der Waals surface area (Å²) in [6.07, 6.45) is 4.25. The molecule has 0 saturated heterocycles. The maximum atomic E-state index is 9.63. The molecular formula is C18H21N3O2S2. The maximum absolute atomic E-state index is 9.63. The Labute approximate surface area is 154 Å². The molecule has 0 amide bonds. The van der Waals surface area contributed by atoms with Gasteiger partial charge in [0.25, 0.3) is 0 Å². The normalized spacial score (nSPS) is 15.4. The molecule has 0 aromatic carbocycles. The molecule has 0 spiro atoms. The zero-order valence-corrected chi connectivity index (χ0v) is 16.0. The molecule has 0 fully saturated rings. The van der Waals surface area contributed by atoms with Gasteiger partial charge in [-0.15, -0.1) is 23.1 Å². The molecular weight excluding hydrogens is 354 g/mol. The van der Waals surface area contributed by atoms with Crippen molar-refractivity contribution in [1.29, 1.82) is 0 Å². The van der Waals surface area contributed by atoms with E-state index in [0.717, 1.165) is 32.9 Å². The van der Waals surface area contributed by atoms with E-state index in [9.17, 15) is 5.11 Å². The van der Waals surface area contributed by atoms with Crippen molar-refractivity contribution in [3.8, 4) is 0 Å². The average molecular weight is 376 g/mol. The summed E-state index contributed by atoms with van der Waals surface area (Å²) >= 11 is 3.11. The monoisotopic (exact) mass is 375 g/mol. The van der Waals surface area contributed by atoms with Gasteiger partial charge in [-0.05, 0) is 36.3 Å². The van der Waals surface area contributed by atoms with E-state index in [0.29, 0.717) is 11.7 Å². The minimum atomic E-state index is -0.737. The van der Waals surface area contributed by atoms with Gasteiger partial charge >= 0.3 is 0 Å². The lowest BCUT2D eigenvalue weighted by molar-refractivity contribution is 0.113. The van der Waals surface area contributed by atoms with Gasteiger partial charge in [-0.2, -0.15) is 0 Å². The van der Waals surface area contributed by atoms with Crippen molar-refractivity contribution in [2.75, 3.05) is 12.4 Å². The Bertz CT molecular complexity index is 939. The first kappa shape index (κ1) is 17.1. The van der Waals surface area contributed by atoms with Gasteiger partial charge in [0, 0.05) is 16.8 Å². The summed E-state index contributed by atoms with van der Waals surface area (Å²) in [6.45, 7) is 4.18. The number of aromatic nitrogens is 3. The second-order valence-corrected chi connectivity index (χ2v) is 8.76. The molecule has 25 heavy (non-hydrogen) atoms. The van der Waals surface area contributed by atoms with Crippen LogP contribution in [0.2, 0.25) is 0 Å². The number of pyridine rings is 1. The van der Waals surface area contributed by atoms with Crippen molar-refractivity contribution >= 4 is 43.5 Å². The van der Waals surface area contributed by atoms with Gasteiger partial charge in [-0.25, -0.2) is 15.0 Å². The van der Waals surface area contributed by atoms with E-state index in [2.05, 4.69) is 23.8 Å². The molecule has 5 nitrogen and oxygen atoms in total. The van der Waals surface area contributed by atoms with Crippen LogP contribution in [-0.4, -0.2) is 43.6 Å². The highest BCUT2D eigenvalue weighted by Crippen LogP contribution is 2.42. The van der Waals surface area contributed by atoms with Gasteiger partial charge in [-0.1, -0.05) is 13.8 Å². The SMILES string of the molecule is CC(C)c1nc2sc3c(SC[C@@H](O)CO)ncnc3c2c2c1CCC2. The number of aryl methyl sites for hydroxylation is 1. The first-order chi connectivity index (χ1) is 12.1. The molecule has 4 rings (SSSR count). The number of fused-ring (bicyclic) bond motifs is 5. The summed E-state index contributed by atoms with van der Waals surface area (Å²) in [5, 5.41) is 20.7. The number of hydrogen-bond donors (Lipinski definition) is 2. The van der Waals surface area contributed by atoms with E-state index in [1.807, 2.05) is 0 Å². The number of aliphatic hydroxyl groups is 2. The first-order valence-corrected chi connectivity index (χ1v) is 10.4. The van der Waals surface area contributed by atoms with Crippen LogP contribution in [0.15, 0.2) is 11.4 Å². The fourth-order valence-corrected chi connectivity index (χ4v) is 5.67. The van der Waals surface area contributed by atoms with Crippen LogP contribution in [0.5, 0.6) is 0 Å². The van der Waals surface area contributed by atoms with E-state index >= 15 is 0 Å². The van der Waals surface area contributed by atoms with Gasteiger partial charge < -0.3 is 10.2 Å². The minimum Gasteiger partial charge on any atom is -0.394 e. The number of thiophene rings is 1. The maximum Gasteiger partial charge on any atom is 0.126 e. The van der Waals surface area contributed by atoms with Crippen molar-refractivity contribution in [2.24, 2.45) is 0 Å². The van der Waals surface area contributed by atoms with Crippen LogP contribution < -0.4 is 0 Å². The van der Waals surface area contributed by atoms with E-state index in [1.54, 1.807) is 17.7 Å². The second kappa shape index (κ2) is 6.79. The fraction of sp³-hybridized carbons (Fsp3) is 0.500. The number of rotatable bonds is 5. The Morgan fingerprint density at radius 1 is 1.24 bits per heavy atom. The Morgan fingerprint density at radius 2 is 2.04 bits per heavy atom. The van der Waals surface area contributed by atoms with Crippen LogP contribution in [-0.2, 0) is 12.8 Å². The zero-order chi connectivity index (χ0) is 17.6. The van der Waals surface area contributed by atoms with E-state index in [-0.39, 0.29) is 6.61 Å². The quantitative estimate of drug-likeness (QED) is 0.526. The van der Waals surface area contributed by atoms with Crippen LogP contribution in [0.1, 0.15) is 43.0 Å². The Balaban J connectivity index is 1.90. The standard InChI is InChI=1S/C18H21N3O2S2/c1-9(2)14-12-5-3-4-11(12)13-15-16(25-17(13)21-14)18(20-8-19-15)24-7-10(23)6-22/h8-10,22-23H,3-7H2,1-2H3/t10-/m0/s1. The third-order valence-corrected chi connectivity index (χ3v) is 6.98. The highest BCUT2D eigenvalue weighted by Gasteiger charge is 2.25. The molecule has 7 heteroatoms. The fourth-order valence-electron chi connectivity index (χ4n) is 3.51. The van der Waals surface area contributed by atoms with Crippen LogP contribution in [0.3, 0.4) is 0 Å². The molecule has 0 unspecified atom stereocenters. The minimum absolute atomic E-state index is 0.236. The molecule has 1 atom stereocenters. The molecule has 3 aromatic rings. The lowest BCUT2D eigenvalue weighted by atomic mass is 9.99. The Kier molecular flexibility index (Phi) is 4.66. The molecule has 3 aromatic heterocycles. The predicted octanol–water partition coefficient (Wildman–Crippen LogP) is 3.30. The van der Waals surface area contributed by atoms with Gasteiger partial charge in [-0.3, -0.25) is 0 Å². The predicted molar refractivity (Wildman–Crippen MR) is 103 cm³/mol. The number of aliphatic hydroxyl groups excluding tert-OH is 2. The van der Waals surface area contributed by atoms with E-state index in [4.69, 9.17) is 10.1 Å². The summed E-state index contributed by atoms with van der Waals surface area (Å²) in [4.78, 5) is 15.0. The van der Waals surface area contributed by atoms with Crippen molar-refractivity contribution < 1.29 is 10.2 Å². The van der Waals surface area contributed by atoms with Crippen molar-refractivity contribution in [3.05, 3.63) is 23.1 Å². The van der Waals surface area contributed by atoms with Crippen molar-refractivity contribution in [3.63, 3.8) is 0 Å². The number of nitrogens with zero attached hydrogens (tertiary/aromatic N) is 3. The molecule has 1 aliphatic carbocycles. The van der Waals surface area contributed by atoms with Gasteiger partial charge in [0.2, 0.25) is 0 Å². The smallest absolute Gasteiger partial charge is 0.126 e. The highest BCUT2D eigenvalue weighted by molar-refractivity contribution is 7.99. The summed E-state index contributed by atoms with van der Waals surface area (Å²) < 4.78 is 1.04. The topological polar surface area (TPSA) is 79.1 Å². The van der Waals surface area contributed by atoms with Crippen molar-refractivity contribution in [2.45, 2.75) is 50.2 Å². The van der Waals surface area contributed by atoms with Gasteiger partial charge in [0.15, 0.2) is 0 Å². The van der Waals surface area contributed by atoms with Crippen molar-refractivity contribution in [1.82, 2.24) is 15.0 Å². The number of hydrogen-bond acceptors (Lipinski definition) is 7. The lowest BCUT2D eigenvalue weighted by Gasteiger charge is -2.11. The van der Waals surface area contributed by atoms with Gasteiger partial charge in [0.05, 0.1) is 22.9 Å². The lowest BCUT2D eigenvalue weighted by Crippen LogP contribution is -2.14. The molecule has 1 aliphatic rings. The average Bonchev–Trinajstić information content (AvgIpc) is 3.22. The zero-order valence-electron chi connectivity index (χ0n) is 14.3. The molecule has 0 bridgehead atoms. The Hall–Kier alpha value is -1.28. The Morgan fingerprint density at radius 3 is 2.80 bits per heavy atom. The van der Waals surface area contributed by atoms with Crippen LogP contribution in [0, 0.1) is 0 Å². The van der Waals surface area contributed by atoms with Crippen LogP contribution in [0.25, 0.3) is 20.4 Å². The third kappa shape index (κ3) is 2.93. The van der Waals surface area contributed by atoms with E-state index < -0.39 is 6.10 Å². The summed E-state index contributed by atoms with van der Waals surface area (Å²) in [5.74, 6) is 0.834. The van der Waals surface area contributed by atoms with Gasteiger partial charge in [0.1, 0.15) is 16.2 Å². The first-order valence-electron chi connectivity index (χ1n) is 8.60. The van der Waals surface area contributed by atoms with Crippen LogP contribution >= 0.6 is 23.1 Å².